The third-order valence-electron chi connectivity index (χ3n) is 3.46. The Kier molecular flexibility index (Phi) is 4.01. The molecule has 1 heterocycles. The molecule has 5 nitrogen and oxygen atoms in total. The number of methoxy groups -OCH3 is 1. The van der Waals surface area contributed by atoms with Gasteiger partial charge in [0.15, 0.2) is 5.82 Å². The van der Waals surface area contributed by atoms with E-state index in [1.165, 1.54) is 12.1 Å². The van der Waals surface area contributed by atoms with Gasteiger partial charge >= 0.3 is 5.97 Å². The van der Waals surface area contributed by atoms with Gasteiger partial charge in [-0.1, -0.05) is 6.07 Å². The molecule has 3 N–H and O–H groups in total. The molecule has 1 aliphatic heterocycles. The molecule has 2 rings (SSSR count). The largest absolute Gasteiger partial charge is 0.478 e. The number of carbonyl (C=O) groups is 1. The number of piperidine rings is 1. The zero-order valence-electron chi connectivity index (χ0n) is 10.7. The molecule has 0 spiro atoms. The number of carboxylic acid groups (broad SMARTS) is 1. The molecule has 0 amide bonds. The highest BCUT2D eigenvalue weighted by atomic mass is 19.1. The zero-order valence-corrected chi connectivity index (χ0v) is 10.7. The molecule has 1 fully saturated rings. The van der Waals surface area contributed by atoms with E-state index in [1.807, 2.05) is 0 Å². The topological polar surface area (TPSA) is 75.8 Å². The fourth-order valence-electron chi connectivity index (χ4n) is 2.33. The first-order valence-corrected chi connectivity index (χ1v) is 6.09. The minimum Gasteiger partial charge on any atom is -0.478 e. The fourth-order valence-corrected chi connectivity index (χ4v) is 2.33. The van der Waals surface area contributed by atoms with Crippen LogP contribution in [0.2, 0.25) is 0 Å². The lowest BCUT2D eigenvalue weighted by Crippen LogP contribution is -2.51. The van der Waals surface area contributed by atoms with Gasteiger partial charge in [-0.3, -0.25) is 0 Å². The summed E-state index contributed by atoms with van der Waals surface area (Å²) in [5.74, 6) is -1.98. The van der Waals surface area contributed by atoms with Crippen molar-refractivity contribution >= 4 is 11.7 Å². The molecule has 0 aliphatic carbocycles. The number of benzene rings is 1. The van der Waals surface area contributed by atoms with Gasteiger partial charge in [0.2, 0.25) is 0 Å². The first kappa shape index (κ1) is 13.8. The molecule has 0 bridgehead atoms. The Bertz CT molecular complexity index is 481. The number of carboxylic acids is 1. The van der Waals surface area contributed by atoms with Crippen molar-refractivity contribution in [1.29, 1.82) is 0 Å². The average Bonchev–Trinajstić information content (AvgIpc) is 2.39. The van der Waals surface area contributed by atoms with Crippen LogP contribution < -0.4 is 10.6 Å². The number of anilines is 1. The summed E-state index contributed by atoms with van der Waals surface area (Å²) in [5.41, 5.74) is 5.87. The second-order valence-corrected chi connectivity index (χ2v) is 4.62. The number of hydrogen-bond acceptors (Lipinski definition) is 4. The predicted molar refractivity (Wildman–Crippen MR) is 69.0 cm³/mol. The van der Waals surface area contributed by atoms with E-state index in [4.69, 9.17) is 15.6 Å². The van der Waals surface area contributed by atoms with E-state index < -0.39 is 11.8 Å². The number of rotatable bonds is 3. The summed E-state index contributed by atoms with van der Waals surface area (Å²) in [6.45, 7) is 1.04. The quantitative estimate of drug-likeness (QED) is 0.857. The molecule has 2 atom stereocenters. The molecular formula is C13H17FN2O3. The van der Waals surface area contributed by atoms with Crippen LogP contribution >= 0.6 is 0 Å². The monoisotopic (exact) mass is 268 g/mol. The van der Waals surface area contributed by atoms with Gasteiger partial charge in [0.25, 0.3) is 0 Å². The van der Waals surface area contributed by atoms with Crippen molar-refractivity contribution in [3.05, 3.63) is 29.6 Å². The van der Waals surface area contributed by atoms with Gasteiger partial charge < -0.3 is 20.5 Å². The molecule has 104 valence electrons. The van der Waals surface area contributed by atoms with Gasteiger partial charge in [0.05, 0.1) is 17.4 Å². The van der Waals surface area contributed by atoms with Crippen molar-refractivity contribution in [3.63, 3.8) is 0 Å². The highest BCUT2D eigenvalue weighted by Crippen LogP contribution is 2.26. The van der Waals surface area contributed by atoms with Crippen LogP contribution in [0, 0.1) is 5.82 Å². The molecular weight excluding hydrogens is 251 g/mol. The van der Waals surface area contributed by atoms with Crippen LogP contribution in [0.15, 0.2) is 18.2 Å². The number of halogens is 1. The van der Waals surface area contributed by atoms with E-state index in [1.54, 1.807) is 18.1 Å². The number of nitrogens with zero attached hydrogens (tertiary/aromatic N) is 1. The highest BCUT2D eigenvalue weighted by Gasteiger charge is 2.28. The Morgan fingerprint density at radius 2 is 2.32 bits per heavy atom. The maximum atomic E-state index is 14.1. The van der Waals surface area contributed by atoms with Crippen LogP contribution in [0.5, 0.6) is 0 Å². The van der Waals surface area contributed by atoms with Gasteiger partial charge in [-0.15, -0.1) is 0 Å². The summed E-state index contributed by atoms with van der Waals surface area (Å²) >= 11 is 0. The summed E-state index contributed by atoms with van der Waals surface area (Å²) in [6.07, 6.45) is 0.497. The van der Waals surface area contributed by atoms with Crippen LogP contribution in [0.4, 0.5) is 10.1 Å². The molecule has 1 saturated heterocycles. The lowest BCUT2D eigenvalue weighted by Gasteiger charge is -2.37. The molecule has 2 unspecified atom stereocenters. The first-order chi connectivity index (χ1) is 9.04. The Labute approximate surface area is 110 Å². The van der Waals surface area contributed by atoms with E-state index in [0.717, 1.165) is 0 Å². The maximum Gasteiger partial charge on any atom is 0.338 e. The molecule has 0 aromatic heterocycles. The first-order valence-electron chi connectivity index (χ1n) is 6.09. The SMILES string of the molecule is COC1CN(c2cccc(C(=O)O)c2F)CCC1N. The lowest BCUT2D eigenvalue weighted by atomic mass is 10.0. The summed E-state index contributed by atoms with van der Waals surface area (Å²) in [5, 5.41) is 8.93. The summed E-state index contributed by atoms with van der Waals surface area (Å²) in [7, 11) is 1.57. The summed E-state index contributed by atoms with van der Waals surface area (Å²) in [4.78, 5) is 12.7. The van der Waals surface area contributed by atoms with E-state index >= 15 is 0 Å². The van der Waals surface area contributed by atoms with Crippen molar-refractivity contribution in [3.8, 4) is 0 Å². The van der Waals surface area contributed by atoms with Crippen molar-refractivity contribution in [1.82, 2.24) is 0 Å². The second kappa shape index (κ2) is 5.54. The van der Waals surface area contributed by atoms with E-state index in [0.29, 0.717) is 19.5 Å². The number of hydrogen-bond donors (Lipinski definition) is 2. The summed E-state index contributed by atoms with van der Waals surface area (Å²) < 4.78 is 19.4. The minimum absolute atomic E-state index is 0.0769. The highest BCUT2D eigenvalue weighted by molar-refractivity contribution is 5.89. The maximum absolute atomic E-state index is 14.1. The fraction of sp³-hybridized carbons (Fsp3) is 0.462. The van der Waals surface area contributed by atoms with Crippen LogP contribution in [-0.2, 0) is 4.74 Å². The smallest absolute Gasteiger partial charge is 0.338 e. The lowest BCUT2D eigenvalue weighted by molar-refractivity contribution is 0.0691. The van der Waals surface area contributed by atoms with Crippen LogP contribution in [0.1, 0.15) is 16.8 Å². The molecule has 6 heteroatoms. The third kappa shape index (κ3) is 2.69. The normalized spacial score (nSPS) is 23.4. The van der Waals surface area contributed by atoms with Gasteiger partial charge in [0, 0.05) is 26.2 Å². The number of ether oxygens (including phenoxy) is 1. The third-order valence-corrected chi connectivity index (χ3v) is 3.46. The van der Waals surface area contributed by atoms with Gasteiger partial charge in [0.1, 0.15) is 0 Å². The number of aromatic carboxylic acids is 1. The van der Waals surface area contributed by atoms with Crippen molar-refractivity contribution in [2.45, 2.75) is 18.6 Å². The Hall–Kier alpha value is -1.66. The zero-order chi connectivity index (χ0) is 14.0. The molecule has 0 radical (unpaired) electrons. The van der Waals surface area contributed by atoms with E-state index in [9.17, 15) is 9.18 Å². The van der Waals surface area contributed by atoms with Gasteiger partial charge in [-0.2, -0.15) is 0 Å². The minimum atomic E-state index is -1.27. The van der Waals surface area contributed by atoms with Crippen molar-refractivity contribution in [2.75, 3.05) is 25.1 Å². The van der Waals surface area contributed by atoms with Crippen LogP contribution in [-0.4, -0.2) is 43.4 Å². The average molecular weight is 268 g/mol. The van der Waals surface area contributed by atoms with E-state index in [2.05, 4.69) is 0 Å². The molecule has 0 saturated carbocycles. The molecule has 1 aliphatic rings. The standard InChI is InChI=1S/C13H17FN2O3/c1-19-11-7-16(6-5-9(11)15)10-4-2-3-8(12(10)14)13(17)18/h2-4,9,11H,5-7,15H2,1H3,(H,17,18). The second-order valence-electron chi connectivity index (χ2n) is 4.62. The Balaban J connectivity index is 2.27. The van der Waals surface area contributed by atoms with Crippen molar-refractivity contribution < 1.29 is 19.0 Å². The van der Waals surface area contributed by atoms with Gasteiger partial charge in [-0.05, 0) is 18.6 Å². The van der Waals surface area contributed by atoms with Crippen LogP contribution in [0.3, 0.4) is 0 Å². The molecule has 1 aromatic carbocycles. The number of nitrogens with two attached hydrogens (primary N) is 1. The summed E-state index contributed by atoms with van der Waals surface area (Å²) in [6, 6.07) is 4.29. The molecule has 1 aromatic rings. The Morgan fingerprint density at radius 3 is 2.95 bits per heavy atom. The Morgan fingerprint density at radius 1 is 1.58 bits per heavy atom. The van der Waals surface area contributed by atoms with Crippen LogP contribution in [0.25, 0.3) is 0 Å². The predicted octanol–water partition coefficient (Wildman–Crippen LogP) is 1.08. The molecule has 19 heavy (non-hydrogen) atoms. The van der Waals surface area contributed by atoms with Gasteiger partial charge in [-0.25, -0.2) is 9.18 Å². The van der Waals surface area contributed by atoms with E-state index in [-0.39, 0.29) is 23.4 Å². The van der Waals surface area contributed by atoms with Crippen molar-refractivity contribution in [2.24, 2.45) is 5.73 Å².